The molecule has 2 aromatic carbocycles. The van der Waals surface area contributed by atoms with Gasteiger partial charge >= 0.3 is 0 Å². The molecule has 4 fully saturated rings. The van der Waals surface area contributed by atoms with E-state index in [1.54, 1.807) is 26.4 Å². The molecular formula is C38H56Cl2N6O6. The number of benzene rings is 2. The Labute approximate surface area is 318 Å². The van der Waals surface area contributed by atoms with Crippen LogP contribution in [0, 0.1) is 34.1 Å². The predicted molar refractivity (Wildman–Crippen MR) is 208 cm³/mol. The summed E-state index contributed by atoms with van der Waals surface area (Å²) in [6, 6.07) is 8.33. The van der Waals surface area contributed by atoms with Crippen molar-refractivity contribution in [3.8, 4) is 0 Å². The average molecular weight is 764 g/mol. The van der Waals surface area contributed by atoms with Crippen molar-refractivity contribution in [2.75, 3.05) is 51.0 Å². The lowest BCUT2D eigenvalue weighted by molar-refractivity contribution is -0.384. The van der Waals surface area contributed by atoms with Crippen molar-refractivity contribution in [2.24, 2.45) is 0 Å². The number of aryl methyl sites for hydroxylation is 2. The Bertz CT molecular complexity index is 1390. The summed E-state index contributed by atoms with van der Waals surface area (Å²) >= 11 is 12.1. The molecule has 2 N–H and O–H groups in total. The largest absolute Gasteiger partial charge is 0.381 e. The number of hydrogen-bond donors (Lipinski definition) is 2. The maximum atomic E-state index is 11.3. The van der Waals surface area contributed by atoms with Crippen molar-refractivity contribution in [3.05, 3.63) is 65.7 Å². The first-order valence-corrected chi connectivity index (χ1v) is 19.7. The number of methoxy groups -OCH3 is 2. The smallest absolute Gasteiger partial charge is 0.293 e. The van der Waals surface area contributed by atoms with E-state index < -0.39 is 0 Å². The third-order valence-electron chi connectivity index (χ3n) is 11.7. The number of piperidine rings is 2. The van der Waals surface area contributed by atoms with Gasteiger partial charge in [0.2, 0.25) is 0 Å². The minimum absolute atomic E-state index is 0.0564. The van der Waals surface area contributed by atoms with Crippen molar-refractivity contribution >= 4 is 46.0 Å². The third kappa shape index (κ3) is 10.7. The van der Waals surface area contributed by atoms with E-state index in [4.69, 9.17) is 32.7 Å². The van der Waals surface area contributed by atoms with Crippen molar-refractivity contribution in [1.82, 2.24) is 9.80 Å². The monoisotopic (exact) mass is 762 g/mol. The molecular weight excluding hydrogens is 707 g/mol. The molecule has 288 valence electrons. The molecule has 2 aliphatic heterocycles. The Morgan fingerprint density at radius 1 is 0.596 bits per heavy atom. The van der Waals surface area contributed by atoms with Crippen molar-refractivity contribution in [1.29, 1.82) is 0 Å². The lowest BCUT2D eigenvalue weighted by Crippen LogP contribution is -2.46. The summed E-state index contributed by atoms with van der Waals surface area (Å²) in [6.45, 7) is 7.91. The summed E-state index contributed by atoms with van der Waals surface area (Å²) < 4.78 is 10.9. The molecule has 14 heteroatoms. The second-order valence-corrected chi connectivity index (χ2v) is 15.8. The zero-order chi connectivity index (χ0) is 37.4. The molecule has 0 radical (unpaired) electrons. The van der Waals surface area contributed by atoms with Gasteiger partial charge in [0.05, 0.1) is 32.1 Å². The highest BCUT2D eigenvalue weighted by Gasteiger charge is 2.31. The number of nitrogens with one attached hydrogen (secondary N) is 2. The Hall–Kier alpha value is -2.74. The molecule has 52 heavy (non-hydrogen) atoms. The van der Waals surface area contributed by atoms with Crippen LogP contribution in [0.15, 0.2) is 24.3 Å². The first-order valence-electron chi connectivity index (χ1n) is 18.9. The first-order chi connectivity index (χ1) is 24.9. The lowest BCUT2D eigenvalue weighted by Gasteiger charge is -2.40. The van der Waals surface area contributed by atoms with Gasteiger partial charge in [0.1, 0.15) is 11.4 Å². The van der Waals surface area contributed by atoms with Crippen LogP contribution in [0.4, 0.5) is 22.7 Å². The van der Waals surface area contributed by atoms with Gasteiger partial charge in [-0.3, -0.25) is 20.2 Å². The number of nitro benzene ring substituents is 2. The van der Waals surface area contributed by atoms with Crippen LogP contribution in [-0.4, -0.2) is 96.4 Å². The van der Waals surface area contributed by atoms with Crippen LogP contribution < -0.4 is 10.6 Å². The van der Waals surface area contributed by atoms with E-state index in [9.17, 15) is 20.2 Å². The van der Waals surface area contributed by atoms with Gasteiger partial charge in [-0.25, -0.2) is 0 Å². The number of anilines is 2. The maximum Gasteiger partial charge on any atom is 0.293 e. The zero-order valence-electron chi connectivity index (χ0n) is 31.1. The van der Waals surface area contributed by atoms with Crippen LogP contribution in [0.3, 0.4) is 0 Å². The highest BCUT2D eigenvalue weighted by atomic mass is 35.5. The minimum atomic E-state index is -0.364. The molecule has 0 bridgehead atoms. The summed E-state index contributed by atoms with van der Waals surface area (Å²) in [7, 11) is 3.61. The fourth-order valence-electron chi connectivity index (χ4n) is 8.43. The molecule has 2 saturated carbocycles. The number of hydrogen-bond acceptors (Lipinski definition) is 10. The van der Waals surface area contributed by atoms with Crippen LogP contribution in [-0.2, 0) is 9.47 Å². The van der Waals surface area contributed by atoms with E-state index in [0.717, 1.165) is 88.7 Å². The Kier molecular flexibility index (Phi) is 14.8. The van der Waals surface area contributed by atoms with Gasteiger partial charge in [0.15, 0.2) is 0 Å². The normalized spacial score (nSPS) is 25.2. The SMILES string of the molecule is COC1CCC(N2CCC(Nc3cc(C)c(Cl)cc3[N+](=O)[O-])CC2)CC1.COC1CCC(N2CCC(Nc3cc(C)c(Cl)cc3[N+](=O)[O-])CC2)CC1. The van der Waals surface area contributed by atoms with E-state index >= 15 is 0 Å². The highest BCUT2D eigenvalue weighted by Crippen LogP contribution is 2.35. The number of nitrogens with zero attached hydrogens (tertiary/aromatic N) is 4. The minimum Gasteiger partial charge on any atom is -0.381 e. The van der Waals surface area contributed by atoms with Crippen LogP contribution in [0.5, 0.6) is 0 Å². The van der Waals surface area contributed by atoms with E-state index in [2.05, 4.69) is 20.4 Å². The van der Waals surface area contributed by atoms with Gasteiger partial charge in [-0.05, 0) is 114 Å². The van der Waals surface area contributed by atoms with E-state index in [1.807, 2.05) is 13.8 Å². The Morgan fingerprint density at radius 3 is 1.21 bits per heavy atom. The summed E-state index contributed by atoms with van der Waals surface area (Å²) in [5.41, 5.74) is 2.98. The first kappa shape index (κ1) is 40.4. The van der Waals surface area contributed by atoms with Crippen molar-refractivity contribution in [3.63, 3.8) is 0 Å². The molecule has 2 heterocycles. The Morgan fingerprint density at radius 2 is 0.923 bits per heavy atom. The summed E-state index contributed by atoms with van der Waals surface area (Å²) in [4.78, 5) is 27.1. The molecule has 0 aromatic heterocycles. The fraction of sp³-hybridized carbons (Fsp3) is 0.684. The van der Waals surface area contributed by atoms with Gasteiger partial charge < -0.3 is 29.9 Å². The van der Waals surface area contributed by atoms with Crippen LogP contribution in [0.1, 0.15) is 88.2 Å². The summed E-state index contributed by atoms with van der Waals surface area (Å²) in [5, 5.41) is 30.3. The molecule has 12 nitrogen and oxygen atoms in total. The highest BCUT2D eigenvalue weighted by molar-refractivity contribution is 6.32. The lowest BCUT2D eigenvalue weighted by atomic mass is 9.90. The number of ether oxygens (including phenoxy) is 2. The molecule has 4 aliphatic rings. The van der Waals surface area contributed by atoms with E-state index in [1.165, 1.54) is 37.8 Å². The topological polar surface area (TPSA) is 135 Å². The Balaban J connectivity index is 0.000000201. The second-order valence-electron chi connectivity index (χ2n) is 15.0. The molecule has 0 spiro atoms. The molecule has 6 rings (SSSR count). The van der Waals surface area contributed by atoms with E-state index in [-0.39, 0.29) is 33.3 Å². The van der Waals surface area contributed by atoms with Crippen LogP contribution in [0.25, 0.3) is 0 Å². The van der Waals surface area contributed by atoms with Gasteiger partial charge in [0, 0.05) is 76.7 Å². The average Bonchev–Trinajstić information content (AvgIpc) is 3.15. The molecule has 2 aromatic rings. The molecule has 0 amide bonds. The molecule has 2 aliphatic carbocycles. The summed E-state index contributed by atoms with van der Waals surface area (Å²) in [6.07, 6.45) is 14.3. The quantitative estimate of drug-likeness (QED) is 0.179. The van der Waals surface area contributed by atoms with Crippen molar-refractivity contribution in [2.45, 2.75) is 127 Å². The molecule has 0 atom stereocenters. The number of likely N-dealkylation sites (tertiary alicyclic amines) is 2. The number of rotatable bonds is 10. The van der Waals surface area contributed by atoms with Gasteiger partial charge in [-0.1, -0.05) is 23.2 Å². The van der Waals surface area contributed by atoms with Gasteiger partial charge in [-0.2, -0.15) is 0 Å². The van der Waals surface area contributed by atoms with E-state index in [0.29, 0.717) is 45.7 Å². The molecule has 0 unspecified atom stereocenters. The fourth-order valence-corrected chi connectivity index (χ4v) is 8.74. The standard InChI is InChI=1S/2C19H28ClN3O3/c2*1-13-11-18(19(23(24)25)12-17(13)20)21-14-7-9-22(10-8-14)15-3-5-16(26-2)6-4-15/h2*11-12,14-16,21H,3-10H2,1-2H3. The van der Waals surface area contributed by atoms with Crippen LogP contribution >= 0.6 is 23.2 Å². The predicted octanol–water partition coefficient (Wildman–Crippen LogP) is 8.78. The summed E-state index contributed by atoms with van der Waals surface area (Å²) in [5.74, 6) is 0. The number of halogens is 2. The van der Waals surface area contributed by atoms with Gasteiger partial charge in [-0.15, -0.1) is 0 Å². The third-order valence-corrected chi connectivity index (χ3v) is 12.5. The number of nitro groups is 2. The van der Waals surface area contributed by atoms with Crippen LogP contribution in [0.2, 0.25) is 10.0 Å². The maximum absolute atomic E-state index is 11.3. The van der Waals surface area contributed by atoms with Gasteiger partial charge in [0.25, 0.3) is 11.4 Å². The molecule has 2 saturated heterocycles. The van der Waals surface area contributed by atoms with Crippen molar-refractivity contribution < 1.29 is 19.3 Å². The zero-order valence-corrected chi connectivity index (χ0v) is 32.6. The second kappa shape index (κ2) is 19.0.